The summed E-state index contributed by atoms with van der Waals surface area (Å²) in [7, 11) is 0. The Kier molecular flexibility index (Phi) is 6.95. The van der Waals surface area contributed by atoms with Crippen LogP contribution >= 0.6 is 0 Å². The van der Waals surface area contributed by atoms with Crippen LogP contribution in [0.3, 0.4) is 0 Å². The van der Waals surface area contributed by atoms with Crippen LogP contribution in [0.1, 0.15) is 15.9 Å². The summed E-state index contributed by atoms with van der Waals surface area (Å²) in [6, 6.07) is 22.0. The molecule has 0 aliphatic rings. The van der Waals surface area contributed by atoms with Gasteiger partial charge >= 0.3 is 5.97 Å². The number of para-hydroxylation sites is 2. The quantitative estimate of drug-likeness (QED) is 0.582. The third-order valence-corrected chi connectivity index (χ3v) is 4.08. The van der Waals surface area contributed by atoms with E-state index >= 15 is 0 Å². The molecule has 0 spiro atoms. The number of anilines is 1. The molecule has 3 aromatic rings. The second-order valence-corrected chi connectivity index (χ2v) is 6.18. The maximum absolute atomic E-state index is 13.6. The van der Waals surface area contributed by atoms with Crippen molar-refractivity contribution >= 4 is 17.6 Å². The van der Waals surface area contributed by atoms with Gasteiger partial charge in [0.1, 0.15) is 17.1 Å². The van der Waals surface area contributed by atoms with Gasteiger partial charge in [0.15, 0.2) is 6.61 Å². The first kappa shape index (κ1) is 20.1. The van der Waals surface area contributed by atoms with E-state index in [1.165, 1.54) is 18.2 Å². The SMILES string of the molecule is O=C(COc1ccccc1C(=O)OCCc1ccccc1)Nc1ccccc1F. The summed E-state index contributed by atoms with van der Waals surface area (Å²) in [4.78, 5) is 24.4. The molecule has 1 N–H and O–H groups in total. The average Bonchev–Trinajstić information content (AvgIpc) is 2.75. The van der Waals surface area contributed by atoms with Gasteiger partial charge in [-0.15, -0.1) is 0 Å². The molecule has 0 heterocycles. The highest BCUT2D eigenvalue weighted by Gasteiger charge is 2.15. The molecule has 0 radical (unpaired) electrons. The second-order valence-electron chi connectivity index (χ2n) is 6.18. The van der Waals surface area contributed by atoms with Crippen LogP contribution in [-0.2, 0) is 16.0 Å². The largest absolute Gasteiger partial charge is 0.483 e. The van der Waals surface area contributed by atoms with Crippen molar-refractivity contribution in [3.63, 3.8) is 0 Å². The Labute approximate surface area is 168 Å². The number of halogens is 1. The van der Waals surface area contributed by atoms with Crippen molar-refractivity contribution in [2.75, 3.05) is 18.5 Å². The molecule has 0 saturated heterocycles. The molecule has 0 saturated carbocycles. The molecule has 3 rings (SSSR count). The van der Waals surface area contributed by atoms with Crippen molar-refractivity contribution in [2.24, 2.45) is 0 Å². The van der Waals surface area contributed by atoms with Crippen molar-refractivity contribution in [1.29, 1.82) is 0 Å². The minimum atomic E-state index is -0.539. The summed E-state index contributed by atoms with van der Waals surface area (Å²) < 4.78 is 24.4. The fourth-order valence-corrected chi connectivity index (χ4v) is 2.64. The van der Waals surface area contributed by atoms with Gasteiger partial charge in [-0.2, -0.15) is 0 Å². The third-order valence-electron chi connectivity index (χ3n) is 4.08. The lowest BCUT2D eigenvalue weighted by molar-refractivity contribution is -0.118. The fourth-order valence-electron chi connectivity index (χ4n) is 2.64. The molecule has 0 bridgehead atoms. The first-order chi connectivity index (χ1) is 14.1. The Morgan fingerprint density at radius 1 is 0.862 bits per heavy atom. The van der Waals surface area contributed by atoms with E-state index < -0.39 is 17.7 Å². The molecular weight excluding hydrogens is 373 g/mol. The molecule has 0 aliphatic heterocycles. The van der Waals surface area contributed by atoms with Crippen molar-refractivity contribution in [1.82, 2.24) is 0 Å². The number of hydrogen-bond donors (Lipinski definition) is 1. The lowest BCUT2D eigenvalue weighted by atomic mass is 10.2. The van der Waals surface area contributed by atoms with E-state index in [1.807, 2.05) is 30.3 Å². The molecule has 5 nitrogen and oxygen atoms in total. The number of amides is 1. The zero-order valence-corrected chi connectivity index (χ0v) is 15.6. The molecule has 148 valence electrons. The molecule has 3 aromatic carbocycles. The van der Waals surface area contributed by atoms with Crippen molar-refractivity contribution in [3.05, 3.63) is 95.8 Å². The number of esters is 1. The average molecular weight is 393 g/mol. The number of carbonyl (C=O) groups excluding carboxylic acids is 2. The monoisotopic (exact) mass is 393 g/mol. The maximum Gasteiger partial charge on any atom is 0.341 e. The van der Waals surface area contributed by atoms with Crippen molar-refractivity contribution in [2.45, 2.75) is 6.42 Å². The van der Waals surface area contributed by atoms with Crippen LogP contribution in [0.5, 0.6) is 5.75 Å². The van der Waals surface area contributed by atoms with Crippen LogP contribution in [-0.4, -0.2) is 25.1 Å². The summed E-state index contributed by atoms with van der Waals surface area (Å²) in [5.74, 6) is -1.39. The van der Waals surface area contributed by atoms with Gasteiger partial charge in [-0.1, -0.05) is 54.6 Å². The van der Waals surface area contributed by atoms with Crippen molar-refractivity contribution in [3.8, 4) is 5.75 Å². The molecule has 0 aromatic heterocycles. The van der Waals surface area contributed by atoms with Crippen LogP contribution in [0.4, 0.5) is 10.1 Å². The molecule has 0 unspecified atom stereocenters. The van der Waals surface area contributed by atoms with Gasteiger partial charge in [0.2, 0.25) is 0 Å². The second kappa shape index (κ2) is 10.0. The molecule has 0 aliphatic carbocycles. The zero-order chi connectivity index (χ0) is 20.5. The Morgan fingerprint density at radius 3 is 2.34 bits per heavy atom. The Morgan fingerprint density at radius 2 is 1.55 bits per heavy atom. The molecule has 6 heteroatoms. The molecule has 0 fully saturated rings. The van der Waals surface area contributed by atoms with E-state index in [9.17, 15) is 14.0 Å². The number of carbonyl (C=O) groups is 2. The lowest BCUT2D eigenvalue weighted by Gasteiger charge is -2.12. The summed E-state index contributed by atoms with van der Waals surface area (Å²) >= 11 is 0. The summed E-state index contributed by atoms with van der Waals surface area (Å²) in [5.41, 5.74) is 1.35. The van der Waals surface area contributed by atoms with Crippen LogP contribution in [0, 0.1) is 5.82 Å². The lowest BCUT2D eigenvalue weighted by Crippen LogP contribution is -2.21. The summed E-state index contributed by atoms with van der Waals surface area (Å²) in [6.45, 7) is -0.145. The number of benzene rings is 3. The minimum Gasteiger partial charge on any atom is -0.483 e. The Hall–Kier alpha value is -3.67. The third kappa shape index (κ3) is 5.90. The minimum absolute atomic E-state index is 0.0645. The Bertz CT molecular complexity index is 975. The van der Waals surface area contributed by atoms with E-state index in [2.05, 4.69) is 5.32 Å². The molecule has 29 heavy (non-hydrogen) atoms. The van der Waals surface area contributed by atoms with E-state index in [0.29, 0.717) is 6.42 Å². The highest BCUT2D eigenvalue weighted by Crippen LogP contribution is 2.19. The highest BCUT2D eigenvalue weighted by atomic mass is 19.1. The standard InChI is InChI=1S/C23H20FNO4/c24-19-11-5-6-12-20(19)25-22(26)16-29-21-13-7-4-10-18(21)23(27)28-15-14-17-8-2-1-3-9-17/h1-13H,14-16H2,(H,25,26). The van der Waals surface area contributed by atoms with Gasteiger partial charge in [-0.05, 0) is 29.8 Å². The van der Waals surface area contributed by atoms with Gasteiger partial charge in [0, 0.05) is 6.42 Å². The first-order valence-electron chi connectivity index (χ1n) is 9.11. The predicted octanol–water partition coefficient (Wildman–Crippen LogP) is 4.24. The number of nitrogens with one attached hydrogen (secondary N) is 1. The van der Waals surface area contributed by atoms with E-state index in [-0.39, 0.29) is 30.2 Å². The van der Waals surface area contributed by atoms with E-state index in [0.717, 1.165) is 5.56 Å². The first-order valence-corrected chi connectivity index (χ1v) is 9.11. The van der Waals surface area contributed by atoms with Gasteiger partial charge < -0.3 is 14.8 Å². The highest BCUT2D eigenvalue weighted by molar-refractivity contribution is 5.94. The van der Waals surface area contributed by atoms with Gasteiger partial charge in [0.05, 0.1) is 12.3 Å². The van der Waals surface area contributed by atoms with Crippen LogP contribution in [0.15, 0.2) is 78.9 Å². The normalized spacial score (nSPS) is 10.2. The molecular formula is C23H20FNO4. The topological polar surface area (TPSA) is 64.6 Å². The maximum atomic E-state index is 13.6. The van der Waals surface area contributed by atoms with Gasteiger partial charge in [-0.3, -0.25) is 4.79 Å². The van der Waals surface area contributed by atoms with Crippen LogP contribution in [0.25, 0.3) is 0 Å². The summed E-state index contributed by atoms with van der Waals surface area (Å²) in [6.07, 6.45) is 0.598. The Balaban J connectivity index is 1.54. The van der Waals surface area contributed by atoms with Crippen molar-refractivity contribution < 1.29 is 23.5 Å². The number of ether oxygens (including phenoxy) is 2. The smallest absolute Gasteiger partial charge is 0.341 e. The molecule has 0 atom stereocenters. The zero-order valence-electron chi connectivity index (χ0n) is 15.6. The van der Waals surface area contributed by atoms with Gasteiger partial charge in [0.25, 0.3) is 5.91 Å². The molecule has 1 amide bonds. The number of hydrogen-bond acceptors (Lipinski definition) is 4. The summed E-state index contributed by atoms with van der Waals surface area (Å²) in [5, 5.41) is 2.43. The van der Waals surface area contributed by atoms with Crippen LogP contribution < -0.4 is 10.1 Å². The predicted molar refractivity (Wildman–Crippen MR) is 107 cm³/mol. The van der Waals surface area contributed by atoms with E-state index in [4.69, 9.17) is 9.47 Å². The fraction of sp³-hybridized carbons (Fsp3) is 0.130. The van der Waals surface area contributed by atoms with Gasteiger partial charge in [-0.25, -0.2) is 9.18 Å². The number of rotatable bonds is 8. The van der Waals surface area contributed by atoms with E-state index in [1.54, 1.807) is 30.3 Å². The van der Waals surface area contributed by atoms with Crippen LogP contribution in [0.2, 0.25) is 0 Å².